The molecule has 7 heteroatoms. The summed E-state index contributed by atoms with van der Waals surface area (Å²) >= 11 is 0. The number of hydrogen-bond donors (Lipinski definition) is 1. The van der Waals surface area contributed by atoms with Gasteiger partial charge in [-0.2, -0.15) is 5.10 Å². The van der Waals surface area contributed by atoms with Crippen LogP contribution in [0.2, 0.25) is 0 Å². The van der Waals surface area contributed by atoms with E-state index in [-0.39, 0.29) is 18.0 Å². The van der Waals surface area contributed by atoms with E-state index >= 15 is 0 Å². The summed E-state index contributed by atoms with van der Waals surface area (Å²) in [6.07, 6.45) is 2.00. The van der Waals surface area contributed by atoms with E-state index in [2.05, 4.69) is 21.0 Å². The molecule has 2 aromatic heterocycles. The fraction of sp³-hybridized carbons (Fsp3) is 0.174. The number of nitrogens with one attached hydrogen (secondary N) is 1. The van der Waals surface area contributed by atoms with Crippen molar-refractivity contribution >= 4 is 16.8 Å². The van der Waals surface area contributed by atoms with Gasteiger partial charge in [0.05, 0.1) is 12.8 Å². The molecule has 0 saturated carbocycles. The van der Waals surface area contributed by atoms with Gasteiger partial charge in [-0.15, -0.1) is 0 Å². The van der Waals surface area contributed by atoms with Crippen molar-refractivity contribution in [1.82, 2.24) is 19.7 Å². The average molecular weight is 402 g/mol. The third kappa shape index (κ3) is 4.25. The molecule has 2 aromatic carbocycles. The van der Waals surface area contributed by atoms with Crippen LogP contribution in [0.1, 0.15) is 0 Å². The molecule has 4 rings (SSSR count). The van der Waals surface area contributed by atoms with E-state index in [4.69, 9.17) is 4.74 Å². The Balaban J connectivity index is 1.41. The maximum atomic E-state index is 12.4. The van der Waals surface area contributed by atoms with E-state index < -0.39 is 0 Å². The fourth-order valence-electron chi connectivity index (χ4n) is 3.34. The van der Waals surface area contributed by atoms with Crippen LogP contribution in [0.5, 0.6) is 5.75 Å². The SMILES string of the molecule is COc1cccc(-c2ccc(=O)n(CC(=O)NCCn3ccc4ccccc43)n2)c1. The summed E-state index contributed by atoms with van der Waals surface area (Å²) < 4.78 is 8.50. The maximum absolute atomic E-state index is 12.4. The Kier molecular flexibility index (Phi) is 5.61. The van der Waals surface area contributed by atoms with Gasteiger partial charge in [0, 0.05) is 36.4 Å². The predicted molar refractivity (Wildman–Crippen MR) is 115 cm³/mol. The average Bonchev–Trinajstić information content (AvgIpc) is 3.18. The van der Waals surface area contributed by atoms with Crippen molar-refractivity contribution in [2.45, 2.75) is 13.1 Å². The van der Waals surface area contributed by atoms with E-state index in [1.54, 1.807) is 13.2 Å². The molecule has 2 heterocycles. The van der Waals surface area contributed by atoms with Crippen LogP contribution < -0.4 is 15.6 Å². The summed E-state index contributed by atoms with van der Waals surface area (Å²) in [7, 11) is 1.59. The van der Waals surface area contributed by atoms with Crippen molar-refractivity contribution in [3.8, 4) is 17.0 Å². The van der Waals surface area contributed by atoms with E-state index in [1.807, 2.05) is 54.7 Å². The molecule has 0 unspecified atom stereocenters. The zero-order chi connectivity index (χ0) is 20.9. The number of ether oxygens (including phenoxy) is 1. The fourth-order valence-corrected chi connectivity index (χ4v) is 3.34. The first-order valence-corrected chi connectivity index (χ1v) is 9.67. The largest absolute Gasteiger partial charge is 0.497 e. The van der Waals surface area contributed by atoms with Crippen LogP contribution in [-0.4, -0.2) is 33.9 Å². The molecule has 0 radical (unpaired) electrons. The molecule has 0 aliphatic rings. The number of methoxy groups -OCH3 is 1. The number of fused-ring (bicyclic) bond motifs is 1. The van der Waals surface area contributed by atoms with Gasteiger partial charge in [-0.05, 0) is 35.7 Å². The Hall–Kier alpha value is -3.87. The molecule has 1 amide bonds. The first-order valence-electron chi connectivity index (χ1n) is 9.67. The Morgan fingerprint density at radius 1 is 1.07 bits per heavy atom. The zero-order valence-electron chi connectivity index (χ0n) is 16.6. The second-order valence-electron chi connectivity index (χ2n) is 6.86. The van der Waals surface area contributed by atoms with Gasteiger partial charge >= 0.3 is 0 Å². The van der Waals surface area contributed by atoms with Crippen molar-refractivity contribution in [2.75, 3.05) is 13.7 Å². The Bertz CT molecular complexity index is 1240. The molecule has 0 atom stereocenters. The minimum Gasteiger partial charge on any atom is -0.497 e. The molecule has 0 fully saturated rings. The van der Waals surface area contributed by atoms with Crippen LogP contribution in [0.25, 0.3) is 22.2 Å². The molecule has 0 bridgehead atoms. The zero-order valence-corrected chi connectivity index (χ0v) is 16.6. The topological polar surface area (TPSA) is 78.1 Å². The lowest BCUT2D eigenvalue weighted by atomic mass is 10.1. The standard InChI is InChI=1S/C23H22N4O3/c1-30-19-7-4-6-18(15-19)20-9-10-23(29)27(25-20)16-22(28)24-12-14-26-13-11-17-5-2-3-8-21(17)26/h2-11,13,15H,12,14,16H2,1H3,(H,24,28). The minimum atomic E-state index is -0.326. The number of aromatic nitrogens is 3. The van der Waals surface area contributed by atoms with Crippen molar-refractivity contribution in [3.63, 3.8) is 0 Å². The number of hydrogen-bond acceptors (Lipinski definition) is 4. The number of carbonyl (C=O) groups is 1. The number of para-hydroxylation sites is 1. The van der Waals surface area contributed by atoms with Crippen LogP contribution in [0.15, 0.2) is 77.7 Å². The number of rotatable bonds is 7. The highest BCUT2D eigenvalue weighted by atomic mass is 16.5. The van der Waals surface area contributed by atoms with E-state index in [9.17, 15) is 9.59 Å². The predicted octanol–water partition coefficient (Wildman–Crippen LogP) is 2.69. The third-order valence-electron chi connectivity index (χ3n) is 4.88. The van der Waals surface area contributed by atoms with Crippen molar-refractivity contribution in [2.24, 2.45) is 0 Å². The van der Waals surface area contributed by atoms with Crippen LogP contribution in [0.4, 0.5) is 0 Å². The molecule has 0 saturated heterocycles. The maximum Gasteiger partial charge on any atom is 0.267 e. The molecule has 1 N–H and O–H groups in total. The van der Waals surface area contributed by atoms with Gasteiger partial charge in [0.15, 0.2) is 0 Å². The Morgan fingerprint density at radius 2 is 1.93 bits per heavy atom. The minimum absolute atomic E-state index is 0.136. The molecular weight excluding hydrogens is 380 g/mol. The first kappa shape index (κ1) is 19.4. The van der Waals surface area contributed by atoms with Crippen LogP contribution in [0, 0.1) is 0 Å². The summed E-state index contributed by atoms with van der Waals surface area (Å²) in [5.74, 6) is 0.436. The summed E-state index contributed by atoms with van der Waals surface area (Å²) in [6, 6.07) is 20.6. The summed E-state index contributed by atoms with van der Waals surface area (Å²) in [5.41, 5.74) is 2.20. The van der Waals surface area contributed by atoms with Crippen molar-refractivity contribution < 1.29 is 9.53 Å². The monoisotopic (exact) mass is 402 g/mol. The van der Waals surface area contributed by atoms with Gasteiger partial charge in [-0.3, -0.25) is 9.59 Å². The third-order valence-corrected chi connectivity index (χ3v) is 4.88. The molecule has 0 aliphatic heterocycles. The van der Waals surface area contributed by atoms with Crippen LogP contribution in [0.3, 0.4) is 0 Å². The highest BCUT2D eigenvalue weighted by molar-refractivity contribution is 5.80. The van der Waals surface area contributed by atoms with Crippen molar-refractivity contribution in [1.29, 1.82) is 0 Å². The highest BCUT2D eigenvalue weighted by Crippen LogP contribution is 2.21. The van der Waals surface area contributed by atoms with Gasteiger partial charge in [-0.1, -0.05) is 30.3 Å². The van der Waals surface area contributed by atoms with Gasteiger partial charge in [0.25, 0.3) is 5.56 Å². The second-order valence-corrected chi connectivity index (χ2v) is 6.86. The molecule has 30 heavy (non-hydrogen) atoms. The molecule has 4 aromatic rings. The number of nitrogens with zero attached hydrogens (tertiary/aromatic N) is 3. The van der Waals surface area contributed by atoms with Gasteiger partial charge in [-0.25, -0.2) is 4.68 Å². The Morgan fingerprint density at radius 3 is 2.80 bits per heavy atom. The lowest BCUT2D eigenvalue weighted by Gasteiger charge is -2.10. The number of benzene rings is 2. The summed E-state index contributed by atoms with van der Waals surface area (Å²) in [6.45, 7) is 0.969. The summed E-state index contributed by atoms with van der Waals surface area (Å²) in [4.78, 5) is 24.5. The molecule has 7 nitrogen and oxygen atoms in total. The molecular formula is C23H22N4O3. The summed E-state index contributed by atoms with van der Waals surface area (Å²) in [5, 5.41) is 8.36. The molecule has 0 spiro atoms. The Labute approximate surface area is 173 Å². The lowest BCUT2D eigenvalue weighted by molar-refractivity contribution is -0.121. The van der Waals surface area contributed by atoms with Gasteiger partial charge < -0.3 is 14.6 Å². The first-order chi connectivity index (χ1) is 14.6. The normalized spacial score (nSPS) is 10.8. The molecule has 152 valence electrons. The lowest BCUT2D eigenvalue weighted by Crippen LogP contribution is -2.35. The van der Waals surface area contributed by atoms with Gasteiger partial charge in [0.2, 0.25) is 5.91 Å². The smallest absolute Gasteiger partial charge is 0.267 e. The van der Waals surface area contributed by atoms with E-state index in [0.29, 0.717) is 24.5 Å². The number of carbonyl (C=O) groups excluding carboxylic acids is 1. The van der Waals surface area contributed by atoms with Crippen LogP contribution in [-0.2, 0) is 17.9 Å². The number of amides is 1. The van der Waals surface area contributed by atoms with E-state index in [0.717, 1.165) is 16.5 Å². The van der Waals surface area contributed by atoms with Crippen molar-refractivity contribution in [3.05, 3.63) is 83.3 Å². The van der Waals surface area contributed by atoms with E-state index in [1.165, 1.54) is 10.7 Å². The van der Waals surface area contributed by atoms with Gasteiger partial charge in [0.1, 0.15) is 12.3 Å². The quantitative estimate of drug-likeness (QED) is 0.516. The molecule has 0 aliphatic carbocycles. The highest BCUT2D eigenvalue weighted by Gasteiger charge is 2.09. The second kappa shape index (κ2) is 8.65. The van der Waals surface area contributed by atoms with Crippen LogP contribution >= 0.6 is 0 Å².